The average molecular weight is 342 g/mol. The zero-order chi connectivity index (χ0) is 18.1. The molecular formula is C16H17F3N2O3. The molecular weight excluding hydrogens is 325 g/mol. The molecule has 2 rings (SSSR count). The standard InChI is InChI=1S/C16H17F3N2O3/c1-8-13(20)12(14(9(2)21-8)24-15(22)23-3)10-6-4-5-7-11(10)16(17,18)19/h4-7,12,21H,20H2,1-3H3. The highest BCUT2D eigenvalue weighted by molar-refractivity contribution is 5.63. The van der Waals surface area contributed by atoms with Crippen LogP contribution >= 0.6 is 0 Å². The highest BCUT2D eigenvalue weighted by Crippen LogP contribution is 2.42. The number of ether oxygens (including phenoxy) is 2. The summed E-state index contributed by atoms with van der Waals surface area (Å²) in [6.07, 6.45) is -5.60. The Hall–Kier alpha value is -2.64. The molecule has 0 aliphatic carbocycles. The lowest BCUT2D eigenvalue weighted by Crippen LogP contribution is -2.31. The topological polar surface area (TPSA) is 73.6 Å². The summed E-state index contributed by atoms with van der Waals surface area (Å²) in [5.41, 5.74) is 6.09. The number of alkyl halides is 3. The molecule has 0 saturated heterocycles. The van der Waals surface area contributed by atoms with Crippen molar-refractivity contribution in [3.8, 4) is 0 Å². The van der Waals surface area contributed by atoms with Gasteiger partial charge in [0, 0.05) is 11.4 Å². The van der Waals surface area contributed by atoms with Crippen LogP contribution in [0.2, 0.25) is 0 Å². The average Bonchev–Trinajstić information content (AvgIpc) is 2.52. The van der Waals surface area contributed by atoms with Crippen molar-refractivity contribution >= 4 is 6.16 Å². The van der Waals surface area contributed by atoms with Gasteiger partial charge in [-0.05, 0) is 25.5 Å². The van der Waals surface area contributed by atoms with Crippen LogP contribution in [0.5, 0.6) is 0 Å². The van der Waals surface area contributed by atoms with Gasteiger partial charge in [-0.25, -0.2) is 4.79 Å². The highest BCUT2D eigenvalue weighted by Gasteiger charge is 2.39. The van der Waals surface area contributed by atoms with Crippen LogP contribution in [0.3, 0.4) is 0 Å². The lowest BCUT2D eigenvalue weighted by atomic mass is 9.86. The van der Waals surface area contributed by atoms with Crippen molar-refractivity contribution in [3.05, 3.63) is 58.2 Å². The first kappa shape index (κ1) is 17.7. The van der Waals surface area contributed by atoms with Crippen LogP contribution in [-0.2, 0) is 15.7 Å². The van der Waals surface area contributed by atoms with Gasteiger partial charge in [0.25, 0.3) is 0 Å². The third-order valence-electron chi connectivity index (χ3n) is 3.69. The fourth-order valence-electron chi connectivity index (χ4n) is 2.57. The Morgan fingerprint density at radius 3 is 2.42 bits per heavy atom. The van der Waals surface area contributed by atoms with E-state index in [-0.39, 0.29) is 17.0 Å². The van der Waals surface area contributed by atoms with Crippen molar-refractivity contribution in [1.82, 2.24) is 5.32 Å². The maximum Gasteiger partial charge on any atom is 0.513 e. The van der Waals surface area contributed by atoms with Crippen LogP contribution in [-0.4, -0.2) is 13.3 Å². The fraction of sp³-hybridized carbons (Fsp3) is 0.312. The molecule has 1 aromatic carbocycles. The van der Waals surface area contributed by atoms with Crippen molar-refractivity contribution in [2.45, 2.75) is 25.9 Å². The molecule has 5 nitrogen and oxygen atoms in total. The molecule has 0 amide bonds. The van der Waals surface area contributed by atoms with Crippen molar-refractivity contribution in [2.24, 2.45) is 5.73 Å². The van der Waals surface area contributed by atoms with E-state index in [1.807, 2.05) is 0 Å². The second-order valence-electron chi connectivity index (χ2n) is 5.27. The van der Waals surface area contributed by atoms with Crippen molar-refractivity contribution in [1.29, 1.82) is 0 Å². The molecule has 1 atom stereocenters. The van der Waals surface area contributed by atoms with E-state index < -0.39 is 23.8 Å². The fourth-order valence-corrected chi connectivity index (χ4v) is 2.57. The van der Waals surface area contributed by atoms with Gasteiger partial charge in [0.05, 0.1) is 24.3 Å². The number of benzene rings is 1. The first-order chi connectivity index (χ1) is 11.2. The molecule has 0 spiro atoms. The summed E-state index contributed by atoms with van der Waals surface area (Å²) in [6, 6.07) is 5.04. The van der Waals surface area contributed by atoms with Gasteiger partial charge in [0.2, 0.25) is 0 Å². The molecule has 1 aromatic rings. The molecule has 0 bridgehead atoms. The normalized spacial score (nSPS) is 18.3. The smallest absolute Gasteiger partial charge is 0.437 e. The number of hydrogen-bond donors (Lipinski definition) is 2. The number of halogens is 3. The lowest BCUT2D eigenvalue weighted by molar-refractivity contribution is -0.138. The van der Waals surface area contributed by atoms with Gasteiger partial charge in [-0.2, -0.15) is 13.2 Å². The highest BCUT2D eigenvalue weighted by atomic mass is 19.4. The van der Waals surface area contributed by atoms with E-state index in [1.165, 1.54) is 18.2 Å². The Bertz CT molecular complexity index is 724. The number of carbonyl (C=O) groups excluding carboxylic acids is 1. The van der Waals surface area contributed by atoms with E-state index in [0.717, 1.165) is 13.2 Å². The Kier molecular flexibility index (Phi) is 4.77. The molecule has 130 valence electrons. The number of hydrogen-bond acceptors (Lipinski definition) is 5. The van der Waals surface area contributed by atoms with Crippen LogP contribution in [0, 0.1) is 0 Å². The van der Waals surface area contributed by atoms with Crippen LogP contribution < -0.4 is 11.1 Å². The molecule has 8 heteroatoms. The van der Waals surface area contributed by atoms with E-state index in [0.29, 0.717) is 11.4 Å². The van der Waals surface area contributed by atoms with E-state index in [1.54, 1.807) is 13.8 Å². The number of carbonyl (C=O) groups is 1. The van der Waals surface area contributed by atoms with Gasteiger partial charge >= 0.3 is 12.3 Å². The largest absolute Gasteiger partial charge is 0.513 e. The van der Waals surface area contributed by atoms with E-state index in [4.69, 9.17) is 10.5 Å². The monoisotopic (exact) mass is 342 g/mol. The third-order valence-corrected chi connectivity index (χ3v) is 3.69. The van der Waals surface area contributed by atoms with E-state index in [9.17, 15) is 18.0 Å². The van der Waals surface area contributed by atoms with Crippen LogP contribution in [0.4, 0.5) is 18.0 Å². The minimum absolute atomic E-state index is 0.0263. The summed E-state index contributed by atoms with van der Waals surface area (Å²) < 4.78 is 49.6. The number of dihydropyridines is 1. The first-order valence-electron chi connectivity index (χ1n) is 7.02. The van der Waals surface area contributed by atoms with Gasteiger partial charge in [0.15, 0.2) is 0 Å². The summed E-state index contributed by atoms with van der Waals surface area (Å²) in [7, 11) is 1.11. The quantitative estimate of drug-likeness (QED) is 0.804. The second-order valence-corrected chi connectivity index (χ2v) is 5.27. The number of nitrogens with two attached hydrogens (primary N) is 1. The van der Waals surface area contributed by atoms with Crippen LogP contribution in [0.1, 0.15) is 30.9 Å². The molecule has 1 aliphatic heterocycles. The Morgan fingerprint density at radius 2 is 1.83 bits per heavy atom. The predicted octanol–water partition coefficient (Wildman–Crippen LogP) is 3.60. The molecule has 24 heavy (non-hydrogen) atoms. The lowest BCUT2D eigenvalue weighted by Gasteiger charge is -2.30. The van der Waals surface area contributed by atoms with Crippen molar-refractivity contribution < 1.29 is 27.4 Å². The molecule has 1 heterocycles. The predicted molar refractivity (Wildman–Crippen MR) is 80.4 cm³/mol. The Labute approximate surface area is 136 Å². The number of allylic oxidation sites excluding steroid dienone is 2. The third kappa shape index (κ3) is 3.32. The number of methoxy groups -OCH3 is 1. The summed E-state index contributed by atoms with van der Waals surface area (Å²) in [5, 5.41) is 2.89. The maximum absolute atomic E-state index is 13.4. The number of rotatable bonds is 2. The summed E-state index contributed by atoms with van der Waals surface area (Å²) in [4.78, 5) is 11.5. The van der Waals surface area contributed by atoms with Gasteiger partial charge < -0.3 is 20.5 Å². The Balaban J connectivity index is 2.63. The molecule has 1 aliphatic rings. The summed E-state index contributed by atoms with van der Waals surface area (Å²) in [5.74, 6) is -1.08. The summed E-state index contributed by atoms with van der Waals surface area (Å²) in [6.45, 7) is 3.22. The molecule has 1 unspecified atom stereocenters. The Morgan fingerprint density at radius 1 is 1.21 bits per heavy atom. The van der Waals surface area contributed by atoms with Crippen molar-refractivity contribution in [2.75, 3.05) is 7.11 Å². The van der Waals surface area contributed by atoms with Gasteiger partial charge in [0.1, 0.15) is 5.76 Å². The van der Waals surface area contributed by atoms with Crippen molar-refractivity contribution in [3.63, 3.8) is 0 Å². The SMILES string of the molecule is COC(=O)OC1=C(C)NC(C)=C(N)C1c1ccccc1C(F)(F)F. The molecule has 0 radical (unpaired) electrons. The van der Waals surface area contributed by atoms with E-state index >= 15 is 0 Å². The summed E-state index contributed by atoms with van der Waals surface area (Å²) >= 11 is 0. The molecule has 0 fully saturated rings. The van der Waals surface area contributed by atoms with Gasteiger partial charge in [-0.15, -0.1) is 0 Å². The van der Waals surface area contributed by atoms with Gasteiger partial charge in [-0.3, -0.25) is 0 Å². The first-order valence-corrected chi connectivity index (χ1v) is 7.02. The minimum Gasteiger partial charge on any atom is -0.437 e. The van der Waals surface area contributed by atoms with Crippen LogP contribution in [0.25, 0.3) is 0 Å². The minimum atomic E-state index is -4.57. The van der Waals surface area contributed by atoms with Crippen LogP contribution in [0.15, 0.2) is 47.1 Å². The maximum atomic E-state index is 13.4. The van der Waals surface area contributed by atoms with E-state index in [2.05, 4.69) is 10.1 Å². The number of nitrogens with one attached hydrogen (secondary N) is 1. The van der Waals surface area contributed by atoms with Gasteiger partial charge in [-0.1, -0.05) is 18.2 Å². The molecule has 0 saturated carbocycles. The molecule has 3 N–H and O–H groups in total. The zero-order valence-corrected chi connectivity index (χ0v) is 13.3. The zero-order valence-electron chi connectivity index (χ0n) is 13.3. The second kappa shape index (κ2) is 6.46. The molecule has 0 aromatic heterocycles.